The first-order valence-electron chi connectivity index (χ1n) is 12.3. The highest BCUT2D eigenvalue weighted by Crippen LogP contribution is 2.45. The second kappa shape index (κ2) is 8.82. The Balaban J connectivity index is 1.28. The van der Waals surface area contributed by atoms with Gasteiger partial charge < -0.3 is 14.9 Å². The van der Waals surface area contributed by atoms with E-state index in [1.807, 2.05) is 12.1 Å². The number of fused-ring (bicyclic) bond motifs is 2. The monoisotopic (exact) mass is 486 g/mol. The van der Waals surface area contributed by atoms with Crippen LogP contribution in [0.2, 0.25) is 5.02 Å². The molecule has 33 heavy (non-hydrogen) atoms. The molecule has 4 aliphatic rings. The van der Waals surface area contributed by atoms with Crippen molar-refractivity contribution in [1.82, 2.24) is 9.97 Å². The van der Waals surface area contributed by atoms with Crippen LogP contribution in [0.15, 0.2) is 29.2 Å². The lowest BCUT2D eigenvalue weighted by atomic mass is 9.89. The Morgan fingerprint density at radius 1 is 1.09 bits per heavy atom. The number of halogens is 1. The van der Waals surface area contributed by atoms with Gasteiger partial charge in [0.2, 0.25) is 5.95 Å². The minimum absolute atomic E-state index is 0.0811. The van der Waals surface area contributed by atoms with Crippen LogP contribution in [0.1, 0.15) is 49.3 Å². The molecule has 1 aliphatic carbocycles. The predicted octanol–water partition coefficient (Wildman–Crippen LogP) is 3.77. The molecule has 3 fully saturated rings. The van der Waals surface area contributed by atoms with Gasteiger partial charge in [-0.1, -0.05) is 30.2 Å². The number of aryl methyl sites for hydroxylation is 1. The van der Waals surface area contributed by atoms with Crippen LogP contribution in [0.5, 0.6) is 0 Å². The first kappa shape index (κ1) is 21.8. The first-order chi connectivity index (χ1) is 16.1. The lowest BCUT2D eigenvalue weighted by molar-refractivity contribution is 0.232. The molecule has 176 valence electrons. The maximum absolute atomic E-state index is 12.9. The van der Waals surface area contributed by atoms with Crippen molar-refractivity contribution in [1.29, 1.82) is 0 Å². The summed E-state index contributed by atoms with van der Waals surface area (Å²) in [6.07, 6.45) is 6.50. The number of nitrogens with zero attached hydrogens (tertiary/aromatic N) is 4. The summed E-state index contributed by atoms with van der Waals surface area (Å²) < 4.78 is 12.9. The van der Waals surface area contributed by atoms with E-state index in [0.29, 0.717) is 23.5 Å². The normalized spacial score (nSPS) is 29.5. The largest absolute Gasteiger partial charge is 0.394 e. The first-order valence-corrected chi connectivity index (χ1v) is 14.0. The van der Waals surface area contributed by atoms with E-state index in [4.69, 9.17) is 21.6 Å². The molecule has 1 aromatic heterocycles. The van der Waals surface area contributed by atoms with Crippen LogP contribution in [0, 0.1) is 11.8 Å². The molecule has 1 N–H and O–H groups in total. The van der Waals surface area contributed by atoms with Crippen LogP contribution in [0.25, 0.3) is 0 Å². The molecule has 4 atom stereocenters. The fraction of sp³-hybridized carbons (Fsp3) is 0.600. The molecule has 4 heterocycles. The molecule has 0 spiro atoms. The van der Waals surface area contributed by atoms with Gasteiger partial charge >= 0.3 is 0 Å². The molecule has 0 bridgehead atoms. The van der Waals surface area contributed by atoms with Crippen molar-refractivity contribution in [2.75, 3.05) is 41.8 Å². The molecule has 8 heteroatoms. The van der Waals surface area contributed by atoms with Crippen molar-refractivity contribution in [3.8, 4) is 0 Å². The summed E-state index contributed by atoms with van der Waals surface area (Å²) in [5.41, 5.74) is 2.29. The molecule has 6 rings (SSSR count). The van der Waals surface area contributed by atoms with Gasteiger partial charge in [-0.05, 0) is 61.1 Å². The van der Waals surface area contributed by atoms with E-state index in [-0.39, 0.29) is 12.6 Å². The summed E-state index contributed by atoms with van der Waals surface area (Å²) >= 11 is 6.06. The Morgan fingerprint density at radius 3 is 2.64 bits per heavy atom. The smallest absolute Gasteiger partial charge is 0.227 e. The minimum atomic E-state index is -1.05. The van der Waals surface area contributed by atoms with Gasteiger partial charge in [0, 0.05) is 36.8 Å². The van der Waals surface area contributed by atoms with Crippen molar-refractivity contribution in [2.45, 2.75) is 55.4 Å². The second-order valence-corrected chi connectivity index (χ2v) is 11.9. The van der Waals surface area contributed by atoms with Crippen molar-refractivity contribution in [3.63, 3.8) is 0 Å². The molecular weight excluding hydrogens is 456 g/mol. The zero-order valence-corrected chi connectivity index (χ0v) is 20.4. The summed E-state index contributed by atoms with van der Waals surface area (Å²) in [6, 6.07) is 8.31. The predicted molar refractivity (Wildman–Crippen MR) is 132 cm³/mol. The molecule has 2 aromatic rings. The van der Waals surface area contributed by atoms with Crippen molar-refractivity contribution in [3.05, 3.63) is 40.5 Å². The van der Waals surface area contributed by atoms with Crippen LogP contribution >= 0.6 is 11.6 Å². The van der Waals surface area contributed by atoms with Gasteiger partial charge in [-0.2, -0.15) is 4.98 Å². The Kier molecular flexibility index (Phi) is 5.83. The zero-order chi connectivity index (χ0) is 22.5. The molecule has 3 unspecified atom stereocenters. The average molecular weight is 487 g/mol. The van der Waals surface area contributed by atoms with Gasteiger partial charge in [0.15, 0.2) is 5.82 Å². The topological polar surface area (TPSA) is 69.6 Å². The molecule has 1 aromatic carbocycles. The number of hydrogen-bond acceptors (Lipinski definition) is 6. The van der Waals surface area contributed by atoms with Gasteiger partial charge in [0.25, 0.3) is 0 Å². The summed E-state index contributed by atoms with van der Waals surface area (Å²) in [5, 5.41) is 11.0. The highest BCUT2D eigenvalue weighted by molar-refractivity contribution is 7.85. The van der Waals surface area contributed by atoms with E-state index in [1.165, 1.54) is 24.8 Å². The van der Waals surface area contributed by atoms with Gasteiger partial charge in [-0.15, -0.1) is 0 Å². The Morgan fingerprint density at radius 2 is 1.88 bits per heavy atom. The lowest BCUT2D eigenvalue weighted by Gasteiger charge is -2.34. The SMILES string of the molecule is O=[S@@]1CCc2nc(N3CCC(c4ccc(Cl)cc4)CC3)nc(N3CC4CCCC4C3CO)c21. The second-order valence-electron chi connectivity index (χ2n) is 9.99. The number of benzene rings is 1. The van der Waals surface area contributed by atoms with Crippen LogP contribution in [0.3, 0.4) is 0 Å². The number of piperidine rings is 1. The minimum Gasteiger partial charge on any atom is -0.394 e. The fourth-order valence-corrected chi connectivity index (χ4v) is 8.03. The third-order valence-electron chi connectivity index (χ3n) is 8.28. The van der Waals surface area contributed by atoms with Gasteiger partial charge in [-0.25, -0.2) is 4.98 Å². The standard InChI is InChI=1S/C25H31ClN4O2S/c26-19-6-4-16(5-7-19)17-8-11-29(12-9-17)25-27-21-10-13-33(32)23(21)24(28-25)30-14-18-2-1-3-20(18)22(30)15-31/h4-7,17-18,20,22,31H,1-3,8-15H2/t18?,20?,22?,33-/m1/s1. The van der Waals surface area contributed by atoms with Gasteiger partial charge in [-0.3, -0.25) is 4.21 Å². The maximum atomic E-state index is 12.9. The lowest BCUT2D eigenvalue weighted by Crippen LogP contribution is -2.38. The number of anilines is 2. The zero-order valence-electron chi connectivity index (χ0n) is 18.8. The fourth-order valence-electron chi connectivity index (χ4n) is 6.54. The highest BCUT2D eigenvalue weighted by Gasteiger charge is 2.46. The number of hydrogen-bond donors (Lipinski definition) is 1. The van der Waals surface area contributed by atoms with Gasteiger partial charge in [0.1, 0.15) is 4.90 Å². The Labute approximate surface area is 202 Å². The van der Waals surface area contributed by atoms with Crippen LogP contribution in [-0.4, -0.2) is 57.3 Å². The van der Waals surface area contributed by atoms with Crippen molar-refractivity contribution in [2.24, 2.45) is 11.8 Å². The number of aliphatic hydroxyl groups excluding tert-OH is 1. The Bertz CT molecular complexity index is 1060. The summed E-state index contributed by atoms with van der Waals surface area (Å²) in [6.45, 7) is 2.86. The molecule has 0 radical (unpaired) electrons. The maximum Gasteiger partial charge on any atom is 0.227 e. The number of aliphatic hydroxyl groups is 1. The quantitative estimate of drug-likeness (QED) is 0.709. The molecule has 0 amide bonds. The summed E-state index contributed by atoms with van der Waals surface area (Å²) in [7, 11) is -1.05. The van der Waals surface area contributed by atoms with Crippen molar-refractivity contribution >= 4 is 34.2 Å². The third kappa shape index (κ3) is 3.86. The molecule has 1 saturated carbocycles. The van der Waals surface area contributed by atoms with E-state index >= 15 is 0 Å². The molecule has 3 aliphatic heterocycles. The van der Waals surface area contributed by atoms with E-state index < -0.39 is 10.8 Å². The molecular formula is C25H31ClN4O2S. The van der Waals surface area contributed by atoms with Crippen molar-refractivity contribution < 1.29 is 9.32 Å². The van der Waals surface area contributed by atoms with Gasteiger partial charge in [0.05, 0.1) is 29.1 Å². The highest BCUT2D eigenvalue weighted by atomic mass is 35.5. The van der Waals surface area contributed by atoms with E-state index in [0.717, 1.165) is 66.3 Å². The average Bonchev–Trinajstić information content (AvgIpc) is 3.54. The van der Waals surface area contributed by atoms with E-state index in [9.17, 15) is 9.32 Å². The Hall–Kier alpha value is -1.70. The summed E-state index contributed by atoms with van der Waals surface area (Å²) in [5.74, 6) is 3.89. The molecule has 6 nitrogen and oxygen atoms in total. The number of rotatable bonds is 4. The summed E-state index contributed by atoms with van der Waals surface area (Å²) in [4.78, 5) is 15.4. The van der Waals surface area contributed by atoms with E-state index in [2.05, 4.69) is 21.9 Å². The third-order valence-corrected chi connectivity index (χ3v) is 9.98. The molecule has 2 saturated heterocycles. The van der Waals surface area contributed by atoms with E-state index in [1.54, 1.807) is 0 Å². The number of aromatic nitrogens is 2. The van der Waals surface area contributed by atoms with Crippen LogP contribution in [-0.2, 0) is 17.2 Å². The van der Waals surface area contributed by atoms with Crippen LogP contribution in [0.4, 0.5) is 11.8 Å². The van der Waals surface area contributed by atoms with Crippen LogP contribution < -0.4 is 9.80 Å².